The fraction of sp³-hybridized carbons (Fsp3) is 0.714. The molecule has 3 fully saturated rings. The molecule has 0 spiro atoms. The van der Waals surface area contributed by atoms with Gasteiger partial charge in [-0.2, -0.15) is 0 Å². The van der Waals surface area contributed by atoms with Gasteiger partial charge >= 0.3 is 5.97 Å². The van der Waals surface area contributed by atoms with Gasteiger partial charge in [-0.25, -0.2) is 4.79 Å². The molecule has 192 valence electrons. The van der Waals surface area contributed by atoms with E-state index in [1.54, 1.807) is 26.0 Å². The molecule has 9 atom stereocenters. The number of rotatable bonds is 4. The van der Waals surface area contributed by atoms with Crippen LogP contribution < -0.4 is 0 Å². The van der Waals surface area contributed by atoms with Crippen molar-refractivity contribution in [3.63, 3.8) is 0 Å². The lowest BCUT2D eigenvalue weighted by Crippen LogP contribution is -2.61. The summed E-state index contributed by atoms with van der Waals surface area (Å²) >= 11 is 0. The summed E-state index contributed by atoms with van der Waals surface area (Å²) in [7, 11) is 0. The van der Waals surface area contributed by atoms with Gasteiger partial charge in [0.2, 0.25) is 0 Å². The molecule has 7 heteroatoms. The lowest BCUT2D eigenvalue weighted by atomic mass is 9.45. The van der Waals surface area contributed by atoms with Crippen LogP contribution in [0.15, 0.2) is 34.9 Å². The van der Waals surface area contributed by atoms with Crippen molar-refractivity contribution in [2.24, 2.45) is 34.5 Å². The lowest BCUT2D eigenvalue weighted by molar-refractivity contribution is -0.194. The lowest BCUT2D eigenvalue weighted by Gasteiger charge is -2.60. The molecule has 3 saturated carbocycles. The number of esters is 1. The molecule has 0 aromatic carbocycles. The number of hydrogen-bond acceptors (Lipinski definition) is 7. The first-order valence-electron chi connectivity index (χ1n) is 13.0. The second kappa shape index (κ2) is 8.37. The van der Waals surface area contributed by atoms with Gasteiger partial charge in [0, 0.05) is 18.4 Å². The summed E-state index contributed by atoms with van der Waals surface area (Å²) < 4.78 is 5.64. The highest BCUT2D eigenvalue weighted by atomic mass is 16.6. The second-order valence-electron chi connectivity index (χ2n) is 12.0. The molecule has 35 heavy (non-hydrogen) atoms. The van der Waals surface area contributed by atoms with E-state index in [1.807, 2.05) is 13.0 Å². The third kappa shape index (κ3) is 3.31. The summed E-state index contributed by atoms with van der Waals surface area (Å²) in [6, 6.07) is 0. The zero-order chi connectivity index (χ0) is 25.3. The van der Waals surface area contributed by atoms with Crippen LogP contribution in [0.4, 0.5) is 0 Å². The van der Waals surface area contributed by atoms with E-state index < -0.39 is 41.2 Å². The van der Waals surface area contributed by atoms with Gasteiger partial charge in [0.15, 0.2) is 5.78 Å². The number of cyclic esters (lactones) is 1. The van der Waals surface area contributed by atoms with Crippen LogP contribution in [0.5, 0.6) is 0 Å². The zero-order valence-corrected chi connectivity index (χ0v) is 20.9. The van der Waals surface area contributed by atoms with Crippen LogP contribution in [-0.4, -0.2) is 63.2 Å². The molecule has 0 amide bonds. The molecule has 1 aliphatic heterocycles. The van der Waals surface area contributed by atoms with E-state index in [4.69, 9.17) is 4.74 Å². The molecule has 0 bridgehead atoms. The van der Waals surface area contributed by atoms with Gasteiger partial charge in [0.25, 0.3) is 0 Å². The Hall–Kier alpha value is -1.80. The Bertz CT molecular complexity index is 1020. The van der Waals surface area contributed by atoms with Crippen molar-refractivity contribution in [3.05, 3.63) is 34.9 Å². The first-order valence-corrected chi connectivity index (χ1v) is 13.0. The van der Waals surface area contributed by atoms with Crippen LogP contribution in [0.25, 0.3) is 0 Å². The van der Waals surface area contributed by atoms with Crippen molar-refractivity contribution in [1.82, 2.24) is 0 Å². The van der Waals surface area contributed by atoms with Gasteiger partial charge < -0.3 is 25.2 Å². The summed E-state index contributed by atoms with van der Waals surface area (Å²) in [6.45, 7) is 4.97. The van der Waals surface area contributed by atoms with E-state index >= 15 is 0 Å². The zero-order valence-electron chi connectivity index (χ0n) is 20.9. The SMILES string of the molecule is CC1=C(CO)C(=O)OC(C(C)(O)C2CCC3C4C(O)CC5=CC=CC(=O)C5(C)C4CCC32CO)C1. The topological polar surface area (TPSA) is 124 Å². The predicted octanol–water partition coefficient (Wildman–Crippen LogP) is 2.23. The largest absolute Gasteiger partial charge is 0.456 e. The van der Waals surface area contributed by atoms with Crippen LogP contribution in [0, 0.1) is 34.5 Å². The number of fused-ring (bicyclic) bond motifs is 5. The standard InChI is InChI=1S/C28H38O7/c1-15-11-23(35-25(33)17(15)13-29)27(3,34)21-8-7-19-24-18(9-10-28(19,21)14-30)26(2)16(12-20(24)31)5-4-6-22(26)32/h4-6,18-21,23-24,29-31,34H,7-14H2,1-3H3. The predicted molar refractivity (Wildman–Crippen MR) is 128 cm³/mol. The number of carbonyl (C=O) groups excluding carboxylic acids is 2. The average Bonchev–Trinajstić information content (AvgIpc) is 3.21. The Balaban J connectivity index is 1.48. The summed E-state index contributed by atoms with van der Waals surface area (Å²) in [4.78, 5) is 25.6. The van der Waals surface area contributed by atoms with Crippen molar-refractivity contribution < 1.29 is 34.8 Å². The second-order valence-corrected chi connectivity index (χ2v) is 12.0. The molecule has 7 nitrogen and oxygen atoms in total. The highest BCUT2D eigenvalue weighted by Gasteiger charge is 2.67. The van der Waals surface area contributed by atoms with E-state index in [2.05, 4.69) is 0 Å². The number of aliphatic hydroxyl groups is 4. The first-order chi connectivity index (χ1) is 16.5. The molecule has 4 aliphatic carbocycles. The number of allylic oxidation sites excluding steroid dienone is 3. The smallest absolute Gasteiger partial charge is 0.336 e. The minimum atomic E-state index is -1.39. The molecule has 5 rings (SSSR count). The normalized spacial score (nSPS) is 44.7. The minimum absolute atomic E-state index is 0.0203. The van der Waals surface area contributed by atoms with E-state index in [9.17, 15) is 30.0 Å². The maximum atomic E-state index is 13.1. The van der Waals surface area contributed by atoms with E-state index in [1.165, 1.54) is 0 Å². The minimum Gasteiger partial charge on any atom is -0.456 e. The van der Waals surface area contributed by atoms with Gasteiger partial charge in [-0.05, 0) is 82.6 Å². The summed E-state index contributed by atoms with van der Waals surface area (Å²) in [6.07, 6.45) is 7.48. The summed E-state index contributed by atoms with van der Waals surface area (Å²) in [5, 5.41) is 43.6. The molecule has 9 unspecified atom stereocenters. The molecule has 4 N–H and O–H groups in total. The number of aliphatic hydroxyl groups excluding tert-OH is 3. The summed E-state index contributed by atoms with van der Waals surface area (Å²) in [5.74, 6) is -1.05. The molecular formula is C28H38O7. The van der Waals surface area contributed by atoms with Crippen molar-refractivity contribution in [2.75, 3.05) is 13.2 Å². The molecule has 1 heterocycles. The van der Waals surface area contributed by atoms with Gasteiger partial charge in [-0.15, -0.1) is 0 Å². The van der Waals surface area contributed by atoms with Crippen LogP contribution in [0.1, 0.15) is 59.3 Å². The fourth-order valence-corrected chi connectivity index (χ4v) is 8.79. The Kier molecular flexibility index (Phi) is 5.95. The van der Waals surface area contributed by atoms with E-state index in [-0.39, 0.29) is 41.6 Å². The molecule has 0 saturated heterocycles. The third-order valence-corrected chi connectivity index (χ3v) is 10.7. The number of ether oxygens (including phenoxy) is 1. The Morgan fingerprint density at radius 2 is 1.89 bits per heavy atom. The molecule has 5 aliphatic rings. The van der Waals surface area contributed by atoms with Crippen LogP contribution in [0.2, 0.25) is 0 Å². The Morgan fingerprint density at radius 3 is 2.54 bits per heavy atom. The van der Waals surface area contributed by atoms with Crippen molar-refractivity contribution in [2.45, 2.75) is 77.1 Å². The van der Waals surface area contributed by atoms with Gasteiger partial charge in [0.05, 0.1) is 23.7 Å². The highest BCUT2D eigenvalue weighted by molar-refractivity contribution is 5.99. The molecule has 0 aromatic heterocycles. The molecule has 0 aromatic rings. The number of hydrogen-bond donors (Lipinski definition) is 4. The van der Waals surface area contributed by atoms with E-state index in [0.29, 0.717) is 37.7 Å². The maximum Gasteiger partial charge on any atom is 0.336 e. The van der Waals surface area contributed by atoms with Gasteiger partial charge in [0.1, 0.15) is 11.7 Å². The van der Waals surface area contributed by atoms with Crippen LogP contribution in [0.3, 0.4) is 0 Å². The average molecular weight is 487 g/mol. The number of carbonyl (C=O) groups is 2. The Morgan fingerprint density at radius 1 is 1.14 bits per heavy atom. The Labute approximate surface area is 206 Å². The van der Waals surface area contributed by atoms with Crippen LogP contribution in [-0.2, 0) is 14.3 Å². The van der Waals surface area contributed by atoms with Crippen molar-refractivity contribution in [3.8, 4) is 0 Å². The highest BCUT2D eigenvalue weighted by Crippen LogP contribution is 2.67. The van der Waals surface area contributed by atoms with Gasteiger partial charge in [-0.1, -0.05) is 23.3 Å². The van der Waals surface area contributed by atoms with Crippen molar-refractivity contribution >= 4 is 11.8 Å². The van der Waals surface area contributed by atoms with E-state index in [0.717, 1.165) is 12.0 Å². The first kappa shape index (κ1) is 24.9. The quantitative estimate of drug-likeness (QED) is 0.449. The maximum absolute atomic E-state index is 13.1. The summed E-state index contributed by atoms with van der Waals surface area (Å²) in [5.41, 5.74) is -0.704. The monoisotopic (exact) mass is 486 g/mol. The fourth-order valence-electron chi connectivity index (χ4n) is 8.79. The van der Waals surface area contributed by atoms with Crippen LogP contribution >= 0.6 is 0 Å². The van der Waals surface area contributed by atoms with Gasteiger partial charge in [-0.3, -0.25) is 4.79 Å². The third-order valence-electron chi connectivity index (χ3n) is 10.7. The number of ketones is 1. The molecular weight excluding hydrogens is 448 g/mol. The molecule has 0 radical (unpaired) electrons. The van der Waals surface area contributed by atoms with Crippen molar-refractivity contribution in [1.29, 1.82) is 0 Å².